The molecule has 24 heavy (non-hydrogen) atoms. The van der Waals surface area contributed by atoms with Crippen LogP contribution in [0.1, 0.15) is 39.2 Å². The maximum absolute atomic E-state index is 13.3. The number of nitrogens with zero attached hydrogens (tertiary/aromatic N) is 1. The van der Waals surface area contributed by atoms with Crippen molar-refractivity contribution in [3.8, 4) is 0 Å². The molecule has 134 valence electrons. The molecule has 0 aliphatic carbocycles. The molecule has 1 aromatic carbocycles. The molecule has 0 radical (unpaired) electrons. The molecule has 2 rings (SSSR count). The number of halogens is 2. The zero-order valence-corrected chi connectivity index (χ0v) is 15.1. The molecule has 1 amide bonds. The molecule has 0 saturated carbocycles. The van der Waals surface area contributed by atoms with Gasteiger partial charge in [-0.05, 0) is 44.9 Å². The zero-order valence-electron chi connectivity index (χ0n) is 14.1. The quantitative estimate of drug-likeness (QED) is 0.811. The van der Waals surface area contributed by atoms with Gasteiger partial charge in [-0.3, -0.25) is 4.79 Å². The van der Waals surface area contributed by atoms with E-state index in [1.165, 1.54) is 11.0 Å². The first-order valence-corrected chi connectivity index (χ1v) is 7.61. The summed E-state index contributed by atoms with van der Waals surface area (Å²) >= 11 is 0. The van der Waals surface area contributed by atoms with Crippen molar-refractivity contribution in [1.29, 1.82) is 0 Å². The summed E-state index contributed by atoms with van der Waals surface area (Å²) in [7, 11) is 0. The Hall–Kier alpha value is -1.63. The fourth-order valence-electron chi connectivity index (χ4n) is 2.58. The number of Topliss-reactive ketones (excluding diaryl/α,β-unsaturated/α-hetero) is 1. The standard InChI is InChI=1S/C17H21F2NO3.H2S/c1-17(2,3)23-16(22)20-7-6-13(21)10-12(20)8-11-4-5-14(18)15(19)9-11;/h4-5,9,12H,6-8,10H2,1-3H3;1H2. The molecular formula is C17H23F2NO3S. The van der Waals surface area contributed by atoms with Gasteiger partial charge in [0, 0.05) is 25.4 Å². The van der Waals surface area contributed by atoms with Crippen molar-refractivity contribution < 1.29 is 23.1 Å². The van der Waals surface area contributed by atoms with Gasteiger partial charge in [0.2, 0.25) is 0 Å². The van der Waals surface area contributed by atoms with E-state index in [4.69, 9.17) is 4.74 Å². The fraction of sp³-hybridized carbons (Fsp3) is 0.529. The maximum atomic E-state index is 13.3. The fourth-order valence-corrected chi connectivity index (χ4v) is 2.58. The van der Waals surface area contributed by atoms with Crippen LogP contribution in [0.15, 0.2) is 18.2 Å². The number of carbonyl (C=O) groups is 2. The van der Waals surface area contributed by atoms with E-state index in [-0.39, 0.29) is 45.1 Å². The third-order valence-corrected chi connectivity index (χ3v) is 3.62. The van der Waals surface area contributed by atoms with Crippen LogP contribution in [0.4, 0.5) is 13.6 Å². The van der Waals surface area contributed by atoms with Crippen LogP contribution in [0.5, 0.6) is 0 Å². The van der Waals surface area contributed by atoms with E-state index in [0.29, 0.717) is 5.56 Å². The van der Waals surface area contributed by atoms with Crippen LogP contribution in [0, 0.1) is 11.6 Å². The molecule has 1 aromatic rings. The van der Waals surface area contributed by atoms with Gasteiger partial charge >= 0.3 is 6.09 Å². The highest BCUT2D eigenvalue weighted by molar-refractivity contribution is 7.59. The van der Waals surface area contributed by atoms with E-state index >= 15 is 0 Å². The predicted molar refractivity (Wildman–Crippen MR) is 91.4 cm³/mol. The number of hydrogen-bond donors (Lipinski definition) is 0. The van der Waals surface area contributed by atoms with Crippen LogP contribution in [0.3, 0.4) is 0 Å². The first kappa shape index (κ1) is 20.4. The molecule has 0 bridgehead atoms. The number of carbonyl (C=O) groups excluding carboxylic acids is 2. The molecule has 1 aliphatic heterocycles. The van der Waals surface area contributed by atoms with Crippen molar-refractivity contribution in [1.82, 2.24) is 4.90 Å². The molecule has 1 aliphatic rings. The molecule has 4 nitrogen and oxygen atoms in total. The summed E-state index contributed by atoms with van der Waals surface area (Å²) in [6, 6.07) is 3.20. The average Bonchev–Trinajstić information content (AvgIpc) is 2.41. The Labute approximate surface area is 147 Å². The van der Waals surface area contributed by atoms with Gasteiger partial charge in [0.25, 0.3) is 0 Å². The van der Waals surface area contributed by atoms with E-state index in [2.05, 4.69) is 0 Å². The Morgan fingerprint density at radius 1 is 1.29 bits per heavy atom. The second kappa shape index (κ2) is 7.96. The number of rotatable bonds is 2. The molecule has 1 fully saturated rings. The van der Waals surface area contributed by atoms with Crippen LogP contribution >= 0.6 is 13.5 Å². The Kier molecular flexibility index (Phi) is 6.77. The first-order chi connectivity index (χ1) is 10.7. The lowest BCUT2D eigenvalue weighted by atomic mass is 9.95. The molecule has 7 heteroatoms. The largest absolute Gasteiger partial charge is 0.444 e. The molecule has 1 heterocycles. The van der Waals surface area contributed by atoms with Crippen molar-refractivity contribution in [2.75, 3.05) is 6.54 Å². The van der Waals surface area contributed by atoms with Gasteiger partial charge in [0.1, 0.15) is 11.4 Å². The normalized spacial score (nSPS) is 18.1. The summed E-state index contributed by atoms with van der Waals surface area (Å²) in [5, 5.41) is 0. The molecule has 0 N–H and O–H groups in total. The first-order valence-electron chi connectivity index (χ1n) is 7.61. The highest BCUT2D eigenvalue weighted by Crippen LogP contribution is 2.22. The highest BCUT2D eigenvalue weighted by atomic mass is 32.1. The van der Waals surface area contributed by atoms with Crippen LogP contribution in [-0.2, 0) is 16.0 Å². The molecule has 1 saturated heterocycles. The van der Waals surface area contributed by atoms with Crippen LogP contribution in [-0.4, -0.2) is 35.0 Å². The highest BCUT2D eigenvalue weighted by Gasteiger charge is 2.33. The Balaban J connectivity index is 0.00000288. The van der Waals surface area contributed by atoms with Crippen molar-refractivity contribution in [2.45, 2.75) is 51.7 Å². The summed E-state index contributed by atoms with van der Waals surface area (Å²) in [6.45, 7) is 5.58. The van der Waals surface area contributed by atoms with Crippen LogP contribution in [0.25, 0.3) is 0 Å². The predicted octanol–water partition coefficient (Wildman–Crippen LogP) is 3.59. The molecule has 1 atom stereocenters. The van der Waals surface area contributed by atoms with E-state index in [0.717, 1.165) is 12.1 Å². The summed E-state index contributed by atoms with van der Waals surface area (Å²) in [5.74, 6) is -1.80. The van der Waals surface area contributed by atoms with Crippen LogP contribution < -0.4 is 0 Å². The molecular weight excluding hydrogens is 336 g/mol. The minimum Gasteiger partial charge on any atom is -0.444 e. The third kappa shape index (κ3) is 5.47. The topological polar surface area (TPSA) is 46.6 Å². The van der Waals surface area contributed by atoms with Gasteiger partial charge in [0.05, 0.1) is 0 Å². The van der Waals surface area contributed by atoms with E-state index < -0.39 is 29.4 Å². The van der Waals surface area contributed by atoms with Crippen molar-refractivity contribution in [3.63, 3.8) is 0 Å². The van der Waals surface area contributed by atoms with Gasteiger partial charge < -0.3 is 9.64 Å². The monoisotopic (exact) mass is 359 g/mol. The minimum absolute atomic E-state index is 0. The Morgan fingerprint density at radius 3 is 2.54 bits per heavy atom. The molecule has 1 unspecified atom stereocenters. The number of amides is 1. The number of ether oxygens (including phenoxy) is 1. The SMILES string of the molecule is CC(C)(C)OC(=O)N1CCC(=O)CC1Cc1ccc(F)c(F)c1.S. The van der Waals surface area contributed by atoms with E-state index in [1.54, 1.807) is 20.8 Å². The smallest absolute Gasteiger partial charge is 0.410 e. The summed E-state index contributed by atoms with van der Waals surface area (Å²) in [4.78, 5) is 25.5. The summed E-state index contributed by atoms with van der Waals surface area (Å²) < 4.78 is 31.7. The van der Waals surface area contributed by atoms with E-state index in [9.17, 15) is 18.4 Å². The number of likely N-dealkylation sites (tertiary alicyclic amines) is 1. The second-order valence-corrected chi connectivity index (χ2v) is 6.77. The van der Waals surface area contributed by atoms with Gasteiger partial charge in [-0.1, -0.05) is 6.07 Å². The Morgan fingerprint density at radius 2 is 1.96 bits per heavy atom. The summed E-state index contributed by atoms with van der Waals surface area (Å²) in [5.41, 5.74) is -0.0948. The third-order valence-electron chi connectivity index (χ3n) is 3.62. The van der Waals surface area contributed by atoms with Gasteiger partial charge in [0.15, 0.2) is 11.6 Å². The zero-order chi connectivity index (χ0) is 17.2. The van der Waals surface area contributed by atoms with Crippen molar-refractivity contribution >= 4 is 25.4 Å². The minimum atomic E-state index is -0.937. The van der Waals surface area contributed by atoms with Crippen molar-refractivity contribution in [3.05, 3.63) is 35.4 Å². The number of benzene rings is 1. The van der Waals surface area contributed by atoms with Gasteiger partial charge in [-0.2, -0.15) is 13.5 Å². The average molecular weight is 359 g/mol. The van der Waals surface area contributed by atoms with Crippen LogP contribution in [0.2, 0.25) is 0 Å². The van der Waals surface area contributed by atoms with Gasteiger partial charge in [-0.25, -0.2) is 13.6 Å². The van der Waals surface area contributed by atoms with Gasteiger partial charge in [-0.15, -0.1) is 0 Å². The lowest BCUT2D eigenvalue weighted by Gasteiger charge is -2.36. The van der Waals surface area contributed by atoms with Crippen molar-refractivity contribution in [2.24, 2.45) is 0 Å². The van der Waals surface area contributed by atoms with E-state index in [1.807, 2.05) is 0 Å². The second-order valence-electron chi connectivity index (χ2n) is 6.77. The lowest BCUT2D eigenvalue weighted by molar-refractivity contribution is -0.122. The number of piperidine rings is 1. The molecule has 0 aromatic heterocycles. The lowest BCUT2D eigenvalue weighted by Crippen LogP contribution is -2.49. The number of hydrogen-bond acceptors (Lipinski definition) is 3. The Bertz CT molecular complexity index is 616. The molecule has 0 spiro atoms. The number of ketones is 1. The maximum Gasteiger partial charge on any atom is 0.410 e. The summed E-state index contributed by atoms with van der Waals surface area (Å²) in [6.07, 6.45) is 0.270.